The molecule has 3 aromatic carbocycles. The molecule has 4 heteroatoms. The second kappa shape index (κ2) is 7.48. The zero-order chi connectivity index (χ0) is 18.7. The number of benzene rings is 3. The summed E-state index contributed by atoms with van der Waals surface area (Å²) in [5.41, 5.74) is 1.98. The van der Waals surface area contributed by atoms with Crippen LogP contribution in [0.3, 0.4) is 0 Å². The molecule has 1 amide bonds. The van der Waals surface area contributed by atoms with E-state index in [0.717, 1.165) is 21.9 Å². The lowest BCUT2D eigenvalue weighted by Crippen LogP contribution is -2.37. The lowest BCUT2D eigenvalue weighted by molar-refractivity contribution is -0.136. The van der Waals surface area contributed by atoms with Crippen molar-refractivity contribution in [2.45, 2.75) is 20.0 Å². The van der Waals surface area contributed by atoms with Crippen LogP contribution in [-0.4, -0.2) is 35.6 Å². The van der Waals surface area contributed by atoms with Crippen LogP contribution in [-0.2, 0) is 4.79 Å². The lowest BCUT2D eigenvalue weighted by atomic mass is 9.98. The van der Waals surface area contributed by atoms with Crippen LogP contribution in [0.2, 0.25) is 0 Å². The van der Waals surface area contributed by atoms with Gasteiger partial charge in [-0.2, -0.15) is 0 Å². The molecule has 0 spiro atoms. The highest BCUT2D eigenvalue weighted by Gasteiger charge is 2.19. The third-order valence-electron chi connectivity index (χ3n) is 4.52. The summed E-state index contributed by atoms with van der Waals surface area (Å²) >= 11 is 0. The normalized spacial score (nSPS) is 12.0. The molecule has 4 nitrogen and oxygen atoms in total. The van der Waals surface area contributed by atoms with Gasteiger partial charge in [0.25, 0.3) is 5.91 Å². The second-order valence-electron chi connectivity index (χ2n) is 6.35. The van der Waals surface area contributed by atoms with Crippen molar-refractivity contribution in [1.29, 1.82) is 0 Å². The fourth-order valence-electron chi connectivity index (χ4n) is 2.95. The molecular weight excluding hydrogens is 326 g/mol. The van der Waals surface area contributed by atoms with E-state index in [1.54, 1.807) is 31.0 Å². The molecule has 0 bridgehead atoms. The van der Waals surface area contributed by atoms with Crippen LogP contribution in [0, 0.1) is 0 Å². The Hall–Kier alpha value is -3.01. The minimum absolute atomic E-state index is 0.0492. The van der Waals surface area contributed by atoms with Crippen LogP contribution in [0.5, 0.6) is 11.5 Å². The average molecular weight is 349 g/mol. The largest absolute Gasteiger partial charge is 0.508 e. The number of nitrogens with zero attached hydrogens (tertiary/aromatic N) is 1. The first-order chi connectivity index (χ1) is 12.5. The first-order valence-corrected chi connectivity index (χ1v) is 8.73. The van der Waals surface area contributed by atoms with Crippen molar-refractivity contribution in [3.05, 3.63) is 60.7 Å². The number of likely N-dealkylation sites (N-methyl/N-ethyl adjacent to an activating group) is 1. The van der Waals surface area contributed by atoms with Crippen molar-refractivity contribution in [3.8, 4) is 22.6 Å². The van der Waals surface area contributed by atoms with Crippen molar-refractivity contribution in [3.63, 3.8) is 0 Å². The fraction of sp³-hybridized carbons (Fsp3) is 0.227. The number of phenols is 1. The van der Waals surface area contributed by atoms with E-state index >= 15 is 0 Å². The number of amides is 1. The van der Waals surface area contributed by atoms with Crippen molar-refractivity contribution in [2.24, 2.45) is 0 Å². The molecule has 1 N–H and O–H groups in total. The van der Waals surface area contributed by atoms with Gasteiger partial charge < -0.3 is 14.7 Å². The van der Waals surface area contributed by atoms with E-state index in [2.05, 4.69) is 6.07 Å². The van der Waals surface area contributed by atoms with Gasteiger partial charge in [-0.15, -0.1) is 0 Å². The van der Waals surface area contributed by atoms with Crippen molar-refractivity contribution in [2.75, 3.05) is 13.6 Å². The highest BCUT2D eigenvalue weighted by molar-refractivity contribution is 5.98. The minimum atomic E-state index is -0.561. The molecule has 0 aliphatic heterocycles. The van der Waals surface area contributed by atoms with Crippen LogP contribution in [0.25, 0.3) is 21.9 Å². The van der Waals surface area contributed by atoms with E-state index in [1.807, 2.05) is 49.4 Å². The molecule has 0 radical (unpaired) electrons. The lowest BCUT2D eigenvalue weighted by Gasteiger charge is -2.21. The van der Waals surface area contributed by atoms with Gasteiger partial charge in [0.2, 0.25) is 0 Å². The standard InChI is InChI=1S/C22H23NO3/c1-4-23(3)22(25)15(2)26-19-13-17-7-5-6-8-20(17)21(14-19)16-9-11-18(24)12-10-16/h5-15,24H,4H2,1-3H3. The molecule has 0 aliphatic carbocycles. The maximum atomic E-state index is 12.3. The summed E-state index contributed by atoms with van der Waals surface area (Å²) in [6, 6.07) is 19.0. The zero-order valence-electron chi connectivity index (χ0n) is 15.3. The summed E-state index contributed by atoms with van der Waals surface area (Å²) in [6.45, 7) is 4.34. The molecule has 3 rings (SSSR count). The van der Waals surface area contributed by atoms with E-state index < -0.39 is 6.10 Å². The highest BCUT2D eigenvalue weighted by atomic mass is 16.5. The Morgan fingerprint density at radius 3 is 2.50 bits per heavy atom. The smallest absolute Gasteiger partial charge is 0.263 e. The Labute approximate surface area is 153 Å². The number of aromatic hydroxyl groups is 1. The number of rotatable bonds is 5. The van der Waals surface area contributed by atoms with Crippen LogP contribution < -0.4 is 4.74 Å². The first-order valence-electron chi connectivity index (χ1n) is 8.73. The Morgan fingerprint density at radius 1 is 1.12 bits per heavy atom. The third kappa shape index (κ3) is 3.64. The molecule has 26 heavy (non-hydrogen) atoms. The van der Waals surface area contributed by atoms with Gasteiger partial charge in [0, 0.05) is 13.6 Å². The van der Waals surface area contributed by atoms with Crippen molar-refractivity contribution >= 4 is 16.7 Å². The van der Waals surface area contributed by atoms with Gasteiger partial charge in [-0.1, -0.05) is 36.4 Å². The second-order valence-corrected chi connectivity index (χ2v) is 6.35. The summed E-state index contributed by atoms with van der Waals surface area (Å²) in [4.78, 5) is 14.0. The molecule has 0 fully saturated rings. The monoisotopic (exact) mass is 349 g/mol. The molecule has 0 saturated heterocycles. The number of carbonyl (C=O) groups is 1. The van der Waals surface area contributed by atoms with Crippen LogP contribution in [0.4, 0.5) is 0 Å². The molecule has 134 valence electrons. The first kappa shape index (κ1) is 17.8. The molecular formula is C22H23NO3. The van der Waals surface area contributed by atoms with E-state index in [-0.39, 0.29) is 11.7 Å². The highest BCUT2D eigenvalue weighted by Crippen LogP contribution is 2.34. The molecule has 0 saturated carbocycles. The summed E-state index contributed by atoms with van der Waals surface area (Å²) < 4.78 is 5.95. The Bertz CT molecular complexity index is 918. The van der Waals surface area contributed by atoms with Gasteiger partial charge in [0.05, 0.1) is 0 Å². The predicted octanol–water partition coefficient (Wildman–Crippen LogP) is 4.46. The summed E-state index contributed by atoms with van der Waals surface area (Å²) in [6.07, 6.45) is -0.561. The van der Waals surface area contributed by atoms with Crippen molar-refractivity contribution < 1.29 is 14.6 Å². The Kier molecular flexibility index (Phi) is 5.12. The molecule has 0 aliphatic rings. The van der Waals surface area contributed by atoms with Gasteiger partial charge in [0.15, 0.2) is 6.10 Å². The Morgan fingerprint density at radius 2 is 1.81 bits per heavy atom. The number of hydrogen-bond acceptors (Lipinski definition) is 3. The number of phenolic OH excluding ortho intramolecular Hbond substituents is 1. The molecule has 3 aromatic rings. The van der Waals surface area contributed by atoms with Gasteiger partial charge in [-0.05, 0) is 60.0 Å². The average Bonchev–Trinajstić information content (AvgIpc) is 2.66. The van der Waals surface area contributed by atoms with Gasteiger partial charge in [0.1, 0.15) is 11.5 Å². The van der Waals surface area contributed by atoms with Crippen LogP contribution in [0.15, 0.2) is 60.7 Å². The van der Waals surface area contributed by atoms with Gasteiger partial charge >= 0.3 is 0 Å². The van der Waals surface area contributed by atoms with E-state index in [0.29, 0.717) is 12.3 Å². The Balaban J connectivity index is 2.02. The quantitative estimate of drug-likeness (QED) is 0.740. The topological polar surface area (TPSA) is 49.8 Å². The third-order valence-corrected chi connectivity index (χ3v) is 4.52. The molecule has 1 atom stereocenters. The molecule has 0 heterocycles. The molecule has 1 unspecified atom stereocenters. The fourth-order valence-corrected chi connectivity index (χ4v) is 2.95. The van der Waals surface area contributed by atoms with E-state index in [1.165, 1.54) is 0 Å². The zero-order valence-corrected chi connectivity index (χ0v) is 15.3. The summed E-state index contributed by atoms with van der Waals surface area (Å²) in [7, 11) is 1.77. The van der Waals surface area contributed by atoms with E-state index in [4.69, 9.17) is 4.74 Å². The van der Waals surface area contributed by atoms with Crippen LogP contribution >= 0.6 is 0 Å². The number of ether oxygens (including phenoxy) is 1. The maximum Gasteiger partial charge on any atom is 0.263 e. The van der Waals surface area contributed by atoms with Gasteiger partial charge in [-0.3, -0.25) is 4.79 Å². The number of fused-ring (bicyclic) bond motifs is 1. The number of carbonyl (C=O) groups excluding carboxylic acids is 1. The SMILES string of the molecule is CCN(C)C(=O)C(C)Oc1cc(-c2ccc(O)cc2)c2ccccc2c1. The van der Waals surface area contributed by atoms with E-state index in [9.17, 15) is 9.90 Å². The molecule has 0 aromatic heterocycles. The van der Waals surface area contributed by atoms with Gasteiger partial charge in [-0.25, -0.2) is 0 Å². The minimum Gasteiger partial charge on any atom is -0.508 e. The maximum absolute atomic E-state index is 12.3. The summed E-state index contributed by atoms with van der Waals surface area (Å²) in [5.74, 6) is 0.830. The predicted molar refractivity (Wildman–Crippen MR) is 104 cm³/mol. The summed E-state index contributed by atoms with van der Waals surface area (Å²) in [5, 5.41) is 11.7. The number of hydrogen-bond donors (Lipinski definition) is 1. The van der Waals surface area contributed by atoms with Crippen molar-refractivity contribution in [1.82, 2.24) is 4.90 Å². The van der Waals surface area contributed by atoms with Crippen LogP contribution in [0.1, 0.15) is 13.8 Å².